The SMILES string of the molecule is Cn1cc(-c2cccn3nc(N)nc23)cn1. The molecule has 6 heteroatoms. The number of nitrogens with two attached hydrogens (primary N) is 1. The first kappa shape index (κ1) is 8.90. The van der Waals surface area contributed by atoms with Gasteiger partial charge in [0, 0.05) is 30.6 Å². The van der Waals surface area contributed by atoms with E-state index in [4.69, 9.17) is 5.73 Å². The third kappa shape index (κ3) is 1.23. The summed E-state index contributed by atoms with van der Waals surface area (Å²) in [5.41, 5.74) is 8.29. The number of hydrogen-bond donors (Lipinski definition) is 1. The monoisotopic (exact) mass is 214 g/mol. The molecule has 0 saturated heterocycles. The van der Waals surface area contributed by atoms with Gasteiger partial charge in [-0.05, 0) is 12.1 Å². The smallest absolute Gasteiger partial charge is 0.240 e. The summed E-state index contributed by atoms with van der Waals surface area (Å²) in [5, 5.41) is 8.20. The van der Waals surface area contributed by atoms with Crippen molar-refractivity contribution < 1.29 is 0 Å². The lowest BCUT2D eigenvalue weighted by Crippen LogP contribution is -1.89. The second-order valence-corrected chi connectivity index (χ2v) is 3.56. The van der Waals surface area contributed by atoms with Gasteiger partial charge in [-0.15, -0.1) is 5.10 Å². The highest BCUT2D eigenvalue weighted by atomic mass is 15.3. The summed E-state index contributed by atoms with van der Waals surface area (Å²) in [6.45, 7) is 0. The number of pyridine rings is 1. The van der Waals surface area contributed by atoms with E-state index in [1.165, 1.54) is 0 Å². The Bertz CT molecular complexity index is 650. The molecule has 80 valence electrons. The molecule has 0 aliphatic heterocycles. The molecule has 0 bridgehead atoms. The van der Waals surface area contributed by atoms with E-state index in [0.717, 1.165) is 16.8 Å². The average molecular weight is 214 g/mol. The van der Waals surface area contributed by atoms with Crippen molar-refractivity contribution in [3.05, 3.63) is 30.7 Å². The first-order valence-electron chi connectivity index (χ1n) is 4.84. The van der Waals surface area contributed by atoms with Crippen molar-refractivity contribution in [1.29, 1.82) is 0 Å². The highest BCUT2D eigenvalue weighted by Gasteiger charge is 2.08. The van der Waals surface area contributed by atoms with E-state index in [0.29, 0.717) is 0 Å². The Balaban J connectivity index is 2.30. The van der Waals surface area contributed by atoms with Crippen molar-refractivity contribution in [1.82, 2.24) is 24.4 Å². The fourth-order valence-corrected chi connectivity index (χ4v) is 1.71. The number of nitrogen functional groups attached to an aromatic ring is 1. The second-order valence-electron chi connectivity index (χ2n) is 3.56. The normalized spacial score (nSPS) is 11.1. The lowest BCUT2D eigenvalue weighted by Gasteiger charge is -1.98. The molecule has 3 aromatic rings. The molecule has 3 heterocycles. The molecule has 3 rings (SSSR count). The number of nitrogens with zero attached hydrogens (tertiary/aromatic N) is 5. The molecule has 0 aromatic carbocycles. The van der Waals surface area contributed by atoms with Gasteiger partial charge >= 0.3 is 0 Å². The summed E-state index contributed by atoms with van der Waals surface area (Å²) >= 11 is 0. The van der Waals surface area contributed by atoms with Crippen LogP contribution in [-0.4, -0.2) is 24.4 Å². The fraction of sp³-hybridized carbons (Fsp3) is 0.100. The Kier molecular flexibility index (Phi) is 1.70. The Morgan fingerprint density at radius 2 is 2.25 bits per heavy atom. The zero-order chi connectivity index (χ0) is 11.1. The van der Waals surface area contributed by atoms with Crippen molar-refractivity contribution in [2.45, 2.75) is 0 Å². The van der Waals surface area contributed by atoms with E-state index in [1.54, 1.807) is 15.4 Å². The molecular weight excluding hydrogens is 204 g/mol. The predicted octanol–water partition coefficient (Wildman–Crippen LogP) is 0.712. The van der Waals surface area contributed by atoms with Gasteiger partial charge in [-0.1, -0.05) is 0 Å². The molecule has 0 fully saturated rings. The Labute approximate surface area is 91.3 Å². The maximum Gasteiger partial charge on any atom is 0.240 e. The summed E-state index contributed by atoms with van der Waals surface area (Å²) in [7, 11) is 1.88. The van der Waals surface area contributed by atoms with Crippen LogP contribution in [-0.2, 0) is 7.05 Å². The van der Waals surface area contributed by atoms with E-state index in [1.807, 2.05) is 31.6 Å². The Hall–Kier alpha value is -2.37. The quantitative estimate of drug-likeness (QED) is 0.647. The van der Waals surface area contributed by atoms with Gasteiger partial charge in [0.15, 0.2) is 5.65 Å². The molecule has 0 saturated carbocycles. The second kappa shape index (κ2) is 3.06. The first-order valence-corrected chi connectivity index (χ1v) is 4.84. The van der Waals surface area contributed by atoms with Gasteiger partial charge in [-0.2, -0.15) is 10.1 Å². The van der Waals surface area contributed by atoms with Crippen LogP contribution in [0.2, 0.25) is 0 Å². The molecule has 0 atom stereocenters. The number of fused-ring (bicyclic) bond motifs is 1. The molecule has 16 heavy (non-hydrogen) atoms. The fourth-order valence-electron chi connectivity index (χ4n) is 1.71. The van der Waals surface area contributed by atoms with Gasteiger partial charge in [-0.25, -0.2) is 4.52 Å². The summed E-state index contributed by atoms with van der Waals surface area (Å²) < 4.78 is 3.41. The van der Waals surface area contributed by atoms with E-state index in [-0.39, 0.29) is 5.95 Å². The zero-order valence-electron chi connectivity index (χ0n) is 8.70. The van der Waals surface area contributed by atoms with Gasteiger partial charge in [-0.3, -0.25) is 4.68 Å². The first-order chi connectivity index (χ1) is 7.74. The van der Waals surface area contributed by atoms with Crippen LogP contribution >= 0.6 is 0 Å². The van der Waals surface area contributed by atoms with Gasteiger partial charge in [0.2, 0.25) is 5.95 Å². The summed E-state index contributed by atoms with van der Waals surface area (Å²) in [6.07, 6.45) is 5.54. The van der Waals surface area contributed by atoms with Crippen LogP contribution in [0.25, 0.3) is 16.8 Å². The number of anilines is 1. The van der Waals surface area contributed by atoms with Gasteiger partial charge in [0.1, 0.15) is 0 Å². The zero-order valence-corrected chi connectivity index (χ0v) is 8.70. The lowest BCUT2D eigenvalue weighted by molar-refractivity contribution is 0.768. The number of aromatic nitrogens is 5. The maximum absolute atomic E-state index is 5.58. The molecule has 2 N–H and O–H groups in total. The topological polar surface area (TPSA) is 74.0 Å². The predicted molar refractivity (Wildman–Crippen MR) is 59.6 cm³/mol. The molecule has 6 nitrogen and oxygen atoms in total. The van der Waals surface area contributed by atoms with Crippen molar-refractivity contribution in [3.8, 4) is 11.1 Å². The number of hydrogen-bond acceptors (Lipinski definition) is 4. The van der Waals surface area contributed by atoms with Crippen LogP contribution in [0.5, 0.6) is 0 Å². The van der Waals surface area contributed by atoms with Gasteiger partial charge in [0.25, 0.3) is 0 Å². The van der Waals surface area contributed by atoms with Crippen molar-refractivity contribution >= 4 is 11.6 Å². The van der Waals surface area contributed by atoms with Crippen LogP contribution in [0.4, 0.5) is 5.95 Å². The van der Waals surface area contributed by atoms with Crippen molar-refractivity contribution in [3.63, 3.8) is 0 Å². The van der Waals surface area contributed by atoms with Crippen molar-refractivity contribution in [2.24, 2.45) is 7.05 Å². The molecule has 3 aromatic heterocycles. The third-order valence-corrected chi connectivity index (χ3v) is 2.39. The molecule has 0 amide bonds. The summed E-state index contributed by atoms with van der Waals surface area (Å²) in [5.74, 6) is 0.274. The molecular formula is C10H10N6. The van der Waals surface area contributed by atoms with Crippen LogP contribution in [0.3, 0.4) is 0 Å². The van der Waals surface area contributed by atoms with E-state index < -0.39 is 0 Å². The molecule has 0 aliphatic carbocycles. The lowest BCUT2D eigenvalue weighted by atomic mass is 10.1. The summed E-state index contributed by atoms with van der Waals surface area (Å²) in [4.78, 5) is 4.19. The minimum atomic E-state index is 0.274. The Morgan fingerprint density at radius 1 is 1.38 bits per heavy atom. The highest BCUT2D eigenvalue weighted by molar-refractivity contribution is 5.76. The average Bonchev–Trinajstić information content (AvgIpc) is 2.82. The van der Waals surface area contributed by atoms with E-state index >= 15 is 0 Å². The largest absolute Gasteiger partial charge is 0.366 e. The third-order valence-electron chi connectivity index (χ3n) is 2.39. The van der Waals surface area contributed by atoms with E-state index in [9.17, 15) is 0 Å². The summed E-state index contributed by atoms with van der Waals surface area (Å²) in [6, 6.07) is 3.88. The molecule has 0 unspecified atom stereocenters. The highest BCUT2D eigenvalue weighted by Crippen LogP contribution is 2.22. The van der Waals surface area contributed by atoms with E-state index in [2.05, 4.69) is 15.2 Å². The minimum Gasteiger partial charge on any atom is -0.366 e. The number of aryl methyl sites for hydroxylation is 1. The number of rotatable bonds is 1. The maximum atomic E-state index is 5.58. The molecule has 0 aliphatic rings. The molecule has 0 spiro atoms. The minimum absolute atomic E-state index is 0.274. The van der Waals surface area contributed by atoms with Crippen molar-refractivity contribution in [2.75, 3.05) is 5.73 Å². The van der Waals surface area contributed by atoms with Crippen LogP contribution < -0.4 is 5.73 Å². The van der Waals surface area contributed by atoms with Gasteiger partial charge in [0.05, 0.1) is 6.20 Å². The van der Waals surface area contributed by atoms with Crippen LogP contribution in [0.1, 0.15) is 0 Å². The standard InChI is InChI=1S/C10H10N6/c1-15-6-7(5-12-15)8-3-2-4-16-9(8)13-10(11)14-16/h2-6H,1H3,(H2,11,14). The van der Waals surface area contributed by atoms with Crippen LogP contribution in [0.15, 0.2) is 30.7 Å². The molecule has 0 radical (unpaired) electrons. The van der Waals surface area contributed by atoms with Gasteiger partial charge < -0.3 is 5.73 Å². The Morgan fingerprint density at radius 3 is 3.00 bits per heavy atom. The van der Waals surface area contributed by atoms with Crippen LogP contribution in [0, 0.1) is 0 Å².